The van der Waals surface area contributed by atoms with E-state index in [-0.39, 0.29) is 30.1 Å². The van der Waals surface area contributed by atoms with Crippen molar-refractivity contribution >= 4 is 40.7 Å². The Morgan fingerprint density at radius 3 is 2.47 bits per heavy atom. The monoisotopic (exact) mass is 427 g/mol. The van der Waals surface area contributed by atoms with E-state index in [0.717, 1.165) is 18.4 Å². The highest BCUT2D eigenvalue weighted by Gasteiger charge is 2.33. The lowest BCUT2D eigenvalue weighted by molar-refractivity contribution is -0.128. The van der Waals surface area contributed by atoms with Crippen LogP contribution in [0.25, 0.3) is 0 Å². The number of aryl methyl sites for hydroxylation is 1. The predicted octanol–water partition coefficient (Wildman–Crippen LogP) is 4.49. The van der Waals surface area contributed by atoms with Gasteiger partial charge in [0.2, 0.25) is 11.8 Å². The number of nitrogens with zero attached hydrogens (tertiary/aromatic N) is 1. The molecule has 1 aliphatic rings. The van der Waals surface area contributed by atoms with Crippen molar-refractivity contribution < 1.29 is 14.4 Å². The number of carbonyl (C=O) groups excluding carboxylic acids is 3. The summed E-state index contributed by atoms with van der Waals surface area (Å²) in [7, 11) is 0. The van der Waals surface area contributed by atoms with E-state index in [4.69, 9.17) is 11.6 Å². The fraction of sp³-hybridized carbons (Fsp3) is 0.348. The van der Waals surface area contributed by atoms with Crippen LogP contribution in [0.15, 0.2) is 42.5 Å². The third kappa shape index (κ3) is 5.39. The minimum atomic E-state index is -0.344. The van der Waals surface area contributed by atoms with E-state index in [1.54, 1.807) is 41.3 Å². The standard InChI is InChI=1S/C23H26ClN3O3/c1-3-4-11-27-14-17(12-21(27)28)23(30)25-18-9-6-16(7-10-18)22(29)26-19-8-5-15(2)20(24)13-19/h5-10,13,17H,3-4,11-12,14H2,1-2H3,(H,25,30)(H,26,29)/t17-/m1/s1. The number of benzene rings is 2. The molecule has 0 radical (unpaired) electrons. The summed E-state index contributed by atoms with van der Waals surface area (Å²) in [5, 5.41) is 6.24. The number of unbranched alkanes of at least 4 members (excludes halogenated alkanes) is 1. The van der Waals surface area contributed by atoms with E-state index in [1.165, 1.54) is 0 Å². The highest BCUT2D eigenvalue weighted by Crippen LogP contribution is 2.22. The third-order valence-corrected chi connectivity index (χ3v) is 5.62. The summed E-state index contributed by atoms with van der Waals surface area (Å²) in [6.45, 7) is 5.13. The Morgan fingerprint density at radius 2 is 1.80 bits per heavy atom. The lowest BCUT2D eigenvalue weighted by Crippen LogP contribution is -2.29. The summed E-state index contributed by atoms with van der Waals surface area (Å²) < 4.78 is 0. The summed E-state index contributed by atoms with van der Waals surface area (Å²) in [5.41, 5.74) is 2.61. The van der Waals surface area contributed by atoms with Crippen molar-refractivity contribution in [3.63, 3.8) is 0 Å². The van der Waals surface area contributed by atoms with Crippen LogP contribution in [0.2, 0.25) is 5.02 Å². The molecule has 2 N–H and O–H groups in total. The van der Waals surface area contributed by atoms with Crippen LogP contribution in [-0.4, -0.2) is 35.7 Å². The molecule has 0 aromatic heterocycles. The van der Waals surface area contributed by atoms with Gasteiger partial charge < -0.3 is 15.5 Å². The lowest BCUT2D eigenvalue weighted by atomic mass is 10.1. The number of rotatable bonds is 7. The quantitative estimate of drug-likeness (QED) is 0.683. The Balaban J connectivity index is 1.56. The van der Waals surface area contributed by atoms with Crippen LogP contribution in [-0.2, 0) is 9.59 Å². The molecular weight excluding hydrogens is 402 g/mol. The molecule has 1 heterocycles. The molecular formula is C23H26ClN3O3. The van der Waals surface area contributed by atoms with Crippen molar-refractivity contribution in [1.82, 2.24) is 4.90 Å². The Bertz CT molecular complexity index is 943. The molecule has 0 spiro atoms. The van der Waals surface area contributed by atoms with Crippen molar-refractivity contribution in [1.29, 1.82) is 0 Å². The Labute approximate surface area is 181 Å². The molecule has 1 atom stereocenters. The van der Waals surface area contributed by atoms with Crippen LogP contribution in [0, 0.1) is 12.8 Å². The SMILES string of the molecule is CCCCN1C[C@H](C(=O)Nc2ccc(C(=O)Nc3ccc(C)c(Cl)c3)cc2)CC1=O. The fourth-order valence-electron chi connectivity index (χ4n) is 3.34. The fourth-order valence-corrected chi connectivity index (χ4v) is 3.52. The summed E-state index contributed by atoms with van der Waals surface area (Å²) >= 11 is 6.09. The van der Waals surface area contributed by atoms with Crippen LogP contribution in [0.1, 0.15) is 42.1 Å². The first-order valence-electron chi connectivity index (χ1n) is 10.1. The maximum absolute atomic E-state index is 12.5. The van der Waals surface area contributed by atoms with Gasteiger partial charge in [0.15, 0.2) is 0 Å². The first-order chi connectivity index (χ1) is 14.4. The molecule has 0 unspecified atom stereocenters. The van der Waals surface area contributed by atoms with E-state index < -0.39 is 0 Å². The average molecular weight is 428 g/mol. The molecule has 0 aliphatic carbocycles. The molecule has 2 aromatic carbocycles. The van der Waals surface area contributed by atoms with Crippen molar-refractivity contribution in [2.75, 3.05) is 23.7 Å². The van der Waals surface area contributed by atoms with Crippen molar-refractivity contribution in [2.24, 2.45) is 5.92 Å². The van der Waals surface area contributed by atoms with E-state index in [2.05, 4.69) is 17.6 Å². The maximum Gasteiger partial charge on any atom is 0.255 e. The first kappa shape index (κ1) is 21.8. The van der Waals surface area contributed by atoms with Gasteiger partial charge in [-0.05, 0) is 55.3 Å². The molecule has 0 bridgehead atoms. The van der Waals surface area contributed by atoms with E-state index >= 15 is 0 Å². The van der Waals surface area contributed by atoms with Crippen molar-refractivity contribution in [2.45, 2.75) is 33.1 Å². The number of carbonyl (C=O) groups is 3. The number of likely N-dealkylation sites (tertiary alicyclic amines) is 1. The molecule has 158 valence electrons. The zero-order valence-corrected chi connectivity index (χ0v) is 18.0. The molecule has 2 aromatic rings. The van der Waals surface area contributed by atoms with Crippen LogP contribution in [0.3, 0.4) is 0 Å². The second-order valence-corrected chi connectivity index (χ2v) is 7.99. The van der Waals surface area contributed by atoms with E-state index in [9.17, 15) is 14.4 Å². The number of halogens is 1. The second kappa shape index (κ2) is 9.76. The summed E-state index contributed by atoms with van der Waals surface area (Å²) in [6, 6.07) is 12.0. The van der Waals surface area contributed by atoms with Gasteiger partial charge >= 0.3 is 0 Å². The summed E-state index contributed by atoms with van der Waals surface area (Å²) in [5.74, 6) is -0.745. The van der Waals surface area contributed by atoms with Gasteiger partial charge in [0.1, 0.15) is 0 Å². The predicted molar refractivity (Wildman–Crippen MR) is 119 cm³/mol. The number of hydrogen-bond acceptors (Lipinski definition) is 3. The van der Waals surface area contributed by atoms with Gasteiger partial charge in [-0.15, -0.1) is 0 Å². The van der Waals surface area contributed by atoms with Crippen molar-refractivity contribution in [3.05, 3.63) is 58.6 Å². The van der Waals surface area contributed by atoms with Gasteiger partial charge in [-0.3, -0.25) is 14.4 Å². The normalized spacial score (nSPS) is 15.9. The van der Waals surface area contributed by atoms with E-state index in [0.29, 0.717) is 35.1 Å². The topological polar surface area (TPSA) is 78.5 Å². The largest absolute Gasteiger partial charge is 0.342 e. The summed E-state index contributed by atoms with van der Waals surface area (Å²) in [6.07, 6.45) is 2.20. The van der Waals surface area contributed by atoms with Crippen LogP contribution in [0.5, 0.6) is 0 Å². The van der Waals surface area contributed by atoms with E-state index in [1.807, 2.05) is 13.0 Å². The van der Waals surface area contributed by atoms with Crippen molar-refractivity contribution in [3.8, 4) is 0 Å². The Kier molecular flexibility index (Phi) is 7.11. The molecule has 3 rings (SSSR count). The molecule has 3 amide bonds. The van der Waals surface area contributed by atoms with Gasteiger partial charge in [-0.25, -0.2) is 0 Å². The molecule has 0 saturated carbocycles. The van der Waals surface area contributed by atoms with Gasteiger partial charge in [0.25, 0.3) is 5.91 Å². The molecule has 7 heteroatoms. The number of amides is 3. The molecule has 1 aliphatic heterocycles. The molecule has 1 saturated heterocycles. The van der Waals surface area contributed by atoms with Gasteiger partial charge in [0.05, 0.1) is 5.92 Å². The smallest absolute Gasteiger partial charge is 0.255 e. The summed E-state index contributed by atoms with van der Waals surface area (Å²) in [4.78, 5) is 38.8. The zero-order valence-electron chi connectivity index (χ0n) is 17.2. The van der Waals surface area contributed by atoms with Gasteiger partial charge in [-0.2, -0.15) is 0 Å². The third-order valence-electron chi connectivity index (χ3n) is 5.21. The van der Waals surface area contributed by atoms with Crippen LogP contribution in [0.4, 0.5) is 11.4 Å². The lowest BCUT2D eigenvalue weighted by Gasteiger charge is -2.16. The molecule has 1 fully saturated rings. The highest BCUT2D eigenvalue weighted by molar-refractivity contribution is 6.31. The maximum atomic E-state index is 12.5. The van der Waals surface area contributed by atoms with Gasteiger partial charge in [-0.1, -0.05) is 31.0 Å². The van der Waals surface area contributed by atoms with Crippen LogP contribution < -0.4 is 10.6 Å². The average Bonchev–Trinajstić information content (AvgIpc) is 3.10. The highest BCUT2D eigenvalue weighted by atomic mass is 35.5. The zero-order chi connectivity index (χ0) is 21.7. The second-order valence-electron chi connectivity index (χ2n) is 7.58. The first-order valence-corrected chi connectivity index (χ1v) is 10.5. The van der Waals surface area contributed by atoms with Gasteiger partial charge in [0, 0.05) is 41.5 Å². The number of hydrogen-bond donors (Lipinski definition) is 2. The Morgan fingerprint density at radius 1 is 1.10 bits per heavy atom. The van der Waals surface area contributed by atoms with Crippen LogP contribution >= 0.6 is 11.6 Å². The Hall–Kier alpha value is -2.86. The molecule has 30 heavy (non-hydrogen) atoms. The molecule has 6 nitrogen and oxygen atoms in total. The number of nitrogens with one attached hydrogen (secondary N) is 2. The minimum Gasteiger partial charge on any atom is -0.342 e. The minimum absolute atomic E-state index is 0.0341. The number of anilines is 2.